The molecular formula is C21H30N4O3. The standard InChI is InChI=1S/C21H30N4O3/c1-6-21(7-2,27-5)15-9-11-16(12-10-15)25-13-14(4)28-19(24-8-3)17(18(22)23)20(25)26/h8-12,14H,3,6-7,13,22-23H2,1-2,4-5H3/b24-19+/t14-/m1/s1. The average molecular weight is 386 g/mol. The second kappa shape index (κ2) is 8.93. The Balaban J connectivity index is 2.46. The highest BCUT2D eigenvalue weighted by Gasteiger charge is 2.34. The van der Waals surface area contributed by atoms with Gasteiger partial charge in [-0.25, -0.2) is 4.99 Å². The van der Waals surface area contributed by atoms with Crippen molar-refractivity contribution in [2.45, 2.75) is 45.3 Å². The molecule has 0 aromatic heterocycles. The minimum absolute atomic E-state index is 0.0432. The summed E-state index contributed by atoms with van der Waals surface area (Å²) in [4.78, 5) is 18.8. The van der Waals surface area contributed by atoms with Crippen LogP contribution in [0.2, 0.25) is 0 Å². The molecule has 1 heterocycles. The van der Waals surface area contributed by atoms with Crippen LogP contribution in [0.4, 0.5) is 5.69 Å². The van der Waals surface area contributed by atoms with Crippen LogP contribution in [0.25, 0.3) is 0 Å². The normalized spacial score (nSPS) is 19.4. The molecule has 1 amide bonds. The van der Waals surface area contributed by atoms with E-state index >= 15 is 0 Å². The van der Waals surface area contributed by atoms with Crippen molar-refractivity contribution in [1.82, 2.24) is 0 Å². The molecule has 2 rings (SSSR count). The van der Waals surface area contributed by atoms with Crippen LogP contribution in [-0.4, -0.2) is 31.6 Å². The maximum absolute atomic E-state index is 13.2. The summed E-state index contributed by atoms with van der Waals surface area (Å²) in [7, 11) is 1.72. The van der Waals surface area contributed by atoms with Gasteiger partial charge in [-0.2, -0.15) is 0 Å². The fourth-order valence-electron chi connectivity index (χ4n) is 3.51. The Kier molecular flexibility index (Phi) is 6.85. The van der Waals surface area contributed by atoms with E-state index in [0.717, 1.165) is 24.1 Å². The van der Waals surface area contributed by atoms with Gasteiger partial charge in [0, 0.05) is 19.0 Å². The predicted molar refractivity (Wildman–Crippen MR) is 112 cm³/mol. The second-order valence-electron chi connectivity index (χ2n) is 6.74. The highest BCUT2D eigenvalue weighted by Crippen LogP contribution is 2.34. The van der Waals surface area contributed by atoms with Gasteiger partial charge in [0.1, 0.15) is 17.5 Å². The molecule has 1 aliphatic rings. The Morgan fingerprint density at radius 2 is 1.96 bits per heavy atom. The first-order valence-electron chi connectivity index (χ1n) is 9.42. The Hall–Kier alpha value is -2.80. The number of benzene rings is 1. The number of rotatable bonds is 6. The van der Waals surface area contributed by atoms with Crippen LogP contribution >= 0.6 is 0 Å². The number of methoxy groups -OCH3 is 1. The number of hydrogen-bond acceptors (Lipinski definition) is 6. The van der Waals surface area contributed by atoms with Gasteiger partial charge in [-0.3, -0.25) is 4.79 Å². The summed E-state index contributed by atoms with van der Waals surface area (Å²) in [6, 6.07) is 7.78. The van der Waals surface area contributed by atoms with Gasteiger partial charge < -0.3 is 25.8 Å². The molecule has 0 aliphatic carbocycles. The van der Waals surface area contributed by atoms with Gasteiger partial charge in [-0.1, -0.05) is 32.6 Å². The second-order valence-corrected chi connectivity index (χ2v) is 6.74. The molecule has 0 unspecified atom stereocenters. The van der Waals surface area contributed by atoms with Crippen molar-refractivity contribution in [3.63, 3.8) is 0 Å². The number of nitrogens with zero attached hydrogens (tertiary/aromatic N) is 2. The zero-order valence-corrected chi connectivity index (χ0v) is 17.1. The van der Waals surface area contributed by atoms with Gasteiger partial charge >= 0.3 is 0 Å². The van der Waals surface area contributed by atoms with E-state index in [2.05, 4.69) is 25.4 Å². The molecule has 1 aromatic rings. The largest absolute Gasteiger partial charge is 0.472 e. The summed E-state index contributed by atoms with van der Waals surface area (Å²) in [5.74, 6) is -0.416. The number of hydrogen-bond donors (Lipinski definition) is 2. The van der Waals surface area contributed by atoms with Crippen LogP contribution in [0, 0.1) is 0 Å². The van der Waals surface area contributed by atoms with Crippen molar-refractivity contribution >= 4 is 17.5 Å². The minimum Gasteiger partial charge on any atom is -0.472 e. The summed E-state index contributed by atoms with van der Waals surface area (Å²) in [6.07, 6.45) is 2.70. The molecule has 1 atom stereocenters. The van der Waals surface area contributed by atoms with E-state index in [-0.39, 0.29) is 34.9 Å². The lowest BCUT2D eigenvalue weighted by atomic mass is 9.88. The monoisotopic (exact) mass is 386 g/mol. The third-order valence-electron chi connectivity index (χ3n) is 5.16. The maximum Gasteiger partial charge on any atom is 0.267 e. The lowest BCUT2D eigenvalue weighted by Crippen LogP contribution is -2.37. The summed E-state index contributed by atoms with van der Waals surface area (Å²) in [5, 5.41) is 0. The predicted octanol–water partition coefficient (Wildman–Crippen LogP) is 2.77. The molecule has 0 spiro atoms. The van der Waals surface area contributed by atoms with E-state index < -0.39 is 0 Å². The minimum atomic E-state index is -0.360. The molecule has 28 heavy (non-hydrogen) atoms. The molecule has 1 aromatic carbocycles. The number of carbonyl (C=O) groups is 1. The Morgan fingerprint density at radius 1 is 1.36 bits per heavy atom. The topological polar surface area (TPSA) is 103 Å². The van der Waals surface area contributed by atoms with Crippen molar-refractivity contribution in [2.24, 2.45) is 16.5 Å². The van der Waals surface area contributed by atoms with Crippen LogP contribution in [0.5, 0.6) is 0 Å². The quantitative estimate of drug-likeness (QED) is 0.732. The van der Waals surface area contributed by atoms with Gasteiger partial charge in [0.25, 0.3) is 5.91 Å². The van der Waals surface area contributed by atoms with Crippen LogP contribution < -0.4 is 16.4 Å². The molecule has 152 valence electrons. The molecule has 0 saturated carbocycles. The summed E-state index contributed by atoms with van der Waals surface area (Å²) in [5.41, 5.74) is 13.0. The lowest BCUT2D eigenvalue weighted by Gasteiger charge is -2.31. The van der Waals surface area contributed by atoms with Crippen LogP contribution in [0.3, 0.4) is 0 Å². The van der Waals surface area contributed by atoms with E-state index in [9.17, 15) is 4.79 Å². The average Bonchev–Trinajstić information content (AvgIpc) is 2.80. The van der Waals surface area contributed by atoms with Crippen molar-refractivity contribution in [3.05, 3.63) is 54.0 Å². The van der Waals surface area contributed by atoms with Crippen molar-refractivity contribution < 1.29 is 14.3 Å². The molecule has 0 bridgehead atoms. The zero-order valence-electron chi connectivity index (χ0n) is 17.1. The van der Waals surface area contributed by atoms with E-state index in [4.69, 9.17) is 20.9 Å². The molecule has 0 radical (unpaired) electrons. The molecular weight excluding hydrogens is 356 g/mol. The van der Waals surface area contributed by atoms with E-state index in [1.165, 1.54) is 6.20 Å². The van der Waals surface area contributed by atoms with Gasteiger partial charge in [-0.15, -0.1) is 0 Å². The highest BCUT2D eigenvalue weighted by atomic mass is 16.5. The smallest absolute Gasteiger partial charge is 0.267 e. The Bertz CT molecular complexity index is 767. The van der Waals surface area contributed by atoms with Crippen LogP contribution in [0.15, 0.2) is 53.4 Å². The van der Waals surface area contributed by atoms with Crippen molar-refractivity contribution in [3.8, 4) is 0 Å². The van der Waals surface area contributed by atoms with Crippen molar-refractivity contribution in [2.75, 3.05) is 18.6 Å². The zero-order chi connectivity index (χ0) is 20.9. The molecule has 7 heteroatoms. The number of nitrogens with two attached hydrogens (primary N) is 2. The van der Waals surface area contributed by atoms with Crippen LogP contribution in [-0.2, 0) is 19.9 Å². The van der Waals surface area contributed by atoms with Crippen molar-refractivity contribution in [1.29, 1.82) is 0 Å². The summed E-state index contributed by atoms with van der Waals surface area (Å²) in [6.45, 7) is 9.94. The third-order valence-corrected chi connectivity index (χ3v) is 5.16. The summed E-state index contributed by atoms with van der Waals surface area (Å²) < 4.78 is 11.5. The van der Waals surface area contributed by atoms with Crippen LogP contribution in [0.1, 0.15) is 39.2 Å². The van der Waals surface area contributed by atoms with E-state index in [1.807, 2.05) is 31.2 Å². The van der Waals surface area contributed by atoms with Gasteiger partial charge in [0.15, 0.2) is 0 Å². The Morgan fingerprint density at radius 3 is 2.43 bits per heavy atom. The molecule has 7 nitrogen and oxygen atoms in total. The number of aliphatic imine (C=N–C) groups is 1. The lowest BCUT2D eigenvalue weighted by molar-refractivity contribution is -0.114. The fraction of sp³-hybridized carbons (Fsp3) is 0.429. The maximum atomic E-state index is 13.2. The Labute approximate surface area is 166 Å². The molecule has 1 aliphatic heterocycles. The number of anilines is 1. The molecule has 4 N–H and O–H groups in total. The van der Waals surface area contributed by atoms with E-state index in [0.29, 0.717) is 6.54 Å². The molecule has 1 fully saturated rings. The summed E-state index contributed by atoms with van der Waals surface area (Å²) >= 11 is 0. The number of amides is 1. The fourth-order valence-corrected chi connectivity index (χ4v) is 3.51. The van der Waals surface area contributed by atoms with Gasteiger partial charge in [0.2, 0.25) is 5.90 Å². The molecule has 1 saturated heterocycles. The third kappa shape index (κ3) is 4.04. The van der Waals surface area contributed by atoms with Gasteiger partial charge in [0.05, 0.1) is 12.1 Å². The number of ether oxygens (including phenoxy) is 2. The first kappa shape index (κ1) is 21.5. The highest BCUT2D eigenvalue weighted by molar-refractivity contribution is 6.24. The van der Waals surface area contributed by atoms with Gasteiger partial charge in [-0.05, 0) is 37.5 Å². The first-order valence-corrected chi connectivity index (χ1v) is 9.42. The SMILES string of the molecule is C=C/N=C1/O[C@H](C)CN(c2ccc(C(CC)(CC)OC)cc2)C(=O)C1=C(N)N. The first-order chi connectivity index (χ1) is 13.3. The number of carbonyl (C=O) groups excluding carboxylic acids is 1. The van der Waals surface area contributed by atoms with E-state index in [1.54, 1.807) is 12.0 Å².